The standard InChI is InChI=1S/C16H17N3O3/c20-13(12-6-5-10-3-1-2-4-11(10)12)19-8-7-16(9-19)14(21)17-15(22)18-16/h1-4,12H,5-9H2,(H2,17,18,21,22)/t12-,16-/m0/s1. The summed E-state index contributed by atoms with van der Waals surface area (Å²) in [6.07, 6.45) is 2.22. The van der Waals surface area contributed by atoms with Crippen molar-refractivity contribution in [3.8, 4) is 0 Å². The lowest BCUT2D eigenvalue weighted by molar-refractivity contribution is -0.132. The zero-order valence-electron chi connectivity index (χ0n) is 12.1. The van der Waals surface area contributed by atoms with Crippen molar-refractivity contribution >= 4 is 17.8 Å². The second-order valence-corrected chi connectivity index (χ2v) is 6.29. The summed E-state index contributed by atoms with van der Waals surface area (Å²) < 4.78 is 0. The molecule has 4 rings (SSSR count). The number of urea groups is 1. The molecule has 1 aromatic carbocycles. The van der Waals surface area contributed by atoms with Crippen LogP contribution in [-0.4, -0.2) is 41.4 Å². The average Bonchev–Trinajstić information content (AvgIpc) is 3.17. The van der Waals surface area contributed by atoms with Crippen molar-refractivity contribution in [2.75, 3.05) is 13.1 Å². The summed E-state index contributed by atoms with van der Waals surface area (Å²) in [5.74, 6) is -0.373. The van der Waals surface area contributed by atoms with Crippen LogP contribution in [0.2, 0.25) is 0 Å². The predicted octanol–water partition coefficient (Wildman–Crippen LogP) is 0.527. The number of likely N-dealkylation sites (tertiary alicyclic amines) is 1. The molecule has 1 aliphatic carbocycles. The van der Waals surface area contributed by atoms with Crippen molar-refractivity contribution in [3.63, 3.8) is 0 Å². The van der Waals surface area contributed by atoms with Gasteiger partial charge in [0, 0.05) is 6.54 Å². The molecule has 3 aliphatic rings. The third-order valence-electron chi connectivity index (χ3n) is 5.03. The first-order chi connectivity index (χ1) is 10.6. The molecule has 6 nitrogen and oxygen atoms in total. The molecule has 22 heavy (non-hydrogen) atoms. The minimum atomic E-state index is -0.926. The van der Waals surface area contributed by atoms with Crippen LogP contribution in [0.4, 0.5) is 4.79 Å². The van der Waals surface area contributed by atoms with E-state index in [-0.39, 0.29) is 24.3 Å². The fourth-order valence-electron chi connectivity index (χ4n) is 3.85. The van der Waals surface area contributed by atoms with Gasteiger partial charge in [0.25, 0.3) is 5.91 Å². The minimum Gasteiger partial charge on any atom is -0.339 e. The summed E-state index contributed by atoms with van der Waals surface area (Å²) in [6, 6.07) is 7.57. The Balaban J connectivity index is 1.54. The Morgan fingerprint density at radius 3 is 2.86 bits per heavy atom. The van der Waals surface area contributed by atoms with Crippen molar-refractivity contribution in [1.82, 2.24) is 15.5 Å². The molecule has 0 bridgehead atoms. The molecule has 4 amide bonds. The van der Waals surface area contributed by atoms with Gasteiger partial charge in [-0.05, 0) is 30.4 Å². The van der Waals surface area contributed by atoms with Crippen LogP contribution in [0.1, 0.15) is 29.9 Å². The summed E-state index contributed by atoms with van der Waals surface area (Å²) in [7, 11) is 0. The normalized spacial score (nSPS) is 29.6. The number of nitrogens with one attached hydrogen (secondary N) is 2. The average molecular weight is 299 g/mol. The fraction of sp³-hybridized carbons (Fsp3) is 0.438. The molecule has 2 atom stereocenters. The van der Waals surface area contributed by atoms with Gasteiger partial charge in [-0.1, -0.05) is 24.3 Å². The number of rotatable bonds is 1. The molecule has 0 aromatic heterocycles. The highest BCUT2D eigenvalue weighted by Gasteiger charge is 2.52. The number of carbonyl (C=O) groups is 3. The number of aryl methyl sites for hydroxylation is 1. The van der Waals surface area contributed by atoms with Gasteiger partial charge < -0.3 is 10.2 Å². The molecule has 2 N–H and O–H groups in total. The molecule has 2 aliphatic heterocycles. The highest BCUT2D eigenvalue weighted by atomic mass is 16.2. The SMILES string of the molecule is O=C1NC(=O)[C@@]2(CCN(C(=O)[C@H]3CCc4ccccc43)C2)N1. The Morgan fingerprint density at radius 1 is 1.27 bits per heavy atom. The van der Waals surface area contributed by atoms with E-state index in [2.05, 4.69) is 16.7 Å². The molecular formula is C16H17N3O3. The van der Waals surface area contributed by atoms with E-state index in [0.717, 1.165) is 18.4 Å². The molecule has 114 valence electrons. The lowest BCUT2D eigenvalue weighted by atomic mass is 9.98. The first-order valence-corrected chi connectivity index (χ1v) is 7.59. The molecule has 0 saturated carbocycles. The summed E-state index contributed by atoms with van der Waals surface area (Å²) in [6.45, 7) is 0.771. The van der Waals surface area contributed by atoms with E-state index in [4.69, 9.17) is 0 Å². The zero-order valence-corrected chi connectivity index (χ0v) is 12.1. The summed E-state index contributed by atoms with van der Waals surface area (Å²) in [5, 5.41) is 4.95. The van der Waals surface area contributed by atoms with E-state index < -0.39 is 11.6 Å². The Morgan fingerprint density at radius 2 is 2.09 bits per heavy atom. The van der Waals surface area contributed by atoms with Crippen molar-refractivity contribution in [3.05, 3.63) is 35.4 Å². The van der Waals surface area contributed by atoms with Gasteiger partial charge in [0.15, 0.2) is 0 Å². The molecule has 6 heteroatoms. The number of fused-ring (bicyclic) bond motifs is 1. The van der Waals surface area contributed by atoms with Crippen molar-refractivity contribution in [2.45, 2.75) is 30.7 Å². The van der Waals surface area contributed by atoms with Gasteiger partial charge in [0.2, 0.25) is 5.91 Å². The van der Waals surface area contributed by atoms with Gasteiger partial charge in [-0.15, -0.1) is 0 Å². The Bertz CT molecular complexity index is 687. The fourth-order valence-corrected chi connectivity index (χ4v) is 3.85. The largest absolute Gasteiger partial charge is 0.339 e. The highest BCUT2D eigenvalue weighted by molar-refractivity contribution is 6.07. The minimum absolute atomic E-state index is 0.0655. The third kappa shape index (κ3) is 1.83. The quantitative estimate of drug-likeness (QED) is 0.742. The van der Waals surface area contributed by atoms with E-state index >= 15 is 0 Å². The van der Waals surface area contributed by atoms with Crippen LogP contribution >= 0.6 is 0 Å². The number of imide groups is 1. The predicted molar refractivity (Wildman–Crippen MR) is 78.1 cm³/mol. The van der Waals surface area contributed by atoms with Crippen molar-refractivity contribution < 1.29 is 14.4 Å². The maximum Gasteiger partial charge on any atom is 0.322 e. The molecule has 1 aromatic rings. The van der Waals surface area contributed by atoms with E-state index in [1.165, 1.54) is 5.56 Å². The van der Waals surface area contributed by atoms with Gasteiger partial charge in [0.05, 0.1) is 12.5 Å². The number of benzene rings is 1. The first kappa shape index (κ1) is 13.3. The maximum atomic E-state index is 12.8. The second-order valence-electron chi connectivity index (χ2n) is 6.29. The number of hydrogen-bond acceptors (Lipinski definition) is 3. The van der Waals surface area contributed by atoms with Crippen molar-refractivity contribution in [1.29, 1.82) is 0 Å². The number of amides is 4. The van der Waals surface area contributed by atoms with Gasteiger partial charge in [-0.25, -0.2) is 4.79 Å². The van der Waals surface area contributed by atoms with Crippen LogP contribution in [0, 0.1) is 0 Å². The summed E-state index contributed by atoms with van der Waals surface area (Å²) in [4.78, 5) is 37.9. The van der Waals surface area contributed by atoms with Crippen molar-refractivity contribution in [2.24, 2.45) is 0 Å². The third-order valence-corrected chi connectivity index (χ3v) is 5.03. The first-order valence-electron chi connectivity index (χ1n) is 7.59. The van der Waals surface area contributed by atoms with Crippen LogP contribution in [0.5, 0.6) is 0 Å². The van der Waals surface area contributed by atoms with Gasteiger partial charge in [-0.3, -0.25) is 14.9 Å². The van der Waals surface area contributed by atoms with Gasteiger partial charge >= 0.3 is 6.03 Å². The molecule has 1 spiro atoms. The zero-order chi connectivity index (χ0) is 15.3. The lowest BCUT2D eigenvalue weighted by Crippen LogP contribution is -2.50. The van der Waals surface area contributed by atoms with E-state index in [9.17, 15) is 14.4 Å². The van der Waals surface area contributed by atoms with Crippen LogP contribution in [-0.2, 0) is 16.0 Å². The van der Waals surface area contributed by atoms with Gasteiger partial charge in [-0.2, -0.15) is 0 Å². The second kappa shape index (κ2) is 4.56. The summed E-state index contributed by atoms with van der Waals surface area (Å²) >= 11 is 0. The van der Waals surface area contributed by atoms with Crippen LogP contribution in [0.15, 0.2) is 24.3 Å². The Kier molecular flexibility index (Phi) is 2.76. The topological polar surface area (TPSA) is 78.5 Å². The number of carbonyl (C=O) groups excluding carboxylic acids is 3. The number of nitrogens with zero attached hydrogens (tertiary/aromatic N) is 1. The highest BCUT2D eigenvalue weighted by Crippen LogP contribution is 2.36. The van der Waals surface area contributed by atoms with Crippen LogP contribution in [0.25, 0.3) is 0 Å². The Labute approximate surface area is 127 Å². The van der Waals surface area contributed by atoms with E-state index in [1.807, 2.05) is 18.2 Å². The molecular weight excluding hydrogens is 282 g/mol. The maximum absolute atomic E-state index is 12.8. The molecule has 0 unspecified atom stereocenters. The van der Waals surface area contributed by atoms with Crippen LogP contribution < -0.4 is 10.6 Å². The van der Waals surface area contributed by atoms with E-state index in [0.29, 0.717) is 13.0 Å². The lowest BCUT2D eigenvalue weighted by Gasteiger charge is -2.23. The smallest absolute Gasteiger partial charge is 0.322 e. The van der Waals surface area contributed by atoms with Gasteiger partial charge in [0.1, 0.15) is 5.54 Å². The molecule has 2 fully saturated rings. The molecule has 2 heterocycles. The Hall–Kier alpha value is -2.37. The molecule has 2 saturated heterocycles. The summed E-state index contributed by atoms with van der Waals surface area (Å²) in [5.41, 5.74) is 1.42. The van der Waals surface area contributed by atoms with E-state index in [1.54, 1.807) is 4.90 Å². The monoisotopic (exact) mass is 299 g/mol. The van der Waals surface area contributed by atoms with Crippen LogP contribution in [0.3, 0.4) is 0 Å². The molecule has 0 radical (unpaired) electrons. The number of hydrogen-bond donors (Lipinski definition) is 2.